The molecule has 1 saturated carbocycles. The summed E-state index contributed by atoms with van der Waals surface area (Å²) < 4.78 is 0. The van der Waals surface area contributed by atoms with Crippen molar-refractivity contribution in [2.45, 2.75) is 70.5 Å². The number of aryl methyl sites for hydroxylation is 1. The van der Waals surface area contributed by atoms with Gasteiger partial charge >= 0.3 is 0 Å². The molecule has 0 radical (unpaired) electrons. The number of hydrogen-bond donors (Lipinski definition) is 1. The van der Waals surface area contributed by atoms with Gasteiger partial charge in [0.2, 0.25) is 11.8 Å². The van der Waals surface area contributed by atoms with E-state index in [4.69, 9.17) is 23.2 Å². The summed E-state index contributed by atoms with van der Waals surface area (Å²) in [6.45, 7) is 2.32. The Hall–Kier alpha value is -2.04. The van der Waals surface area contributed by atoms with E-state index in [0.29, 0.717) is 35.9 Å². The molecule has 0 spiro atoms. The summed E-state index contributed by atoms with van der Waals surface area (Å²) in [7, 11) is 0. The zero-order chi connectivity index (χ0) is 22.2. The van der Waals surface area contributed by atoms with E-state index in [0.717, 1.165) is 36.8 Å². The largest absolute Gasteiger partial charge is 0.352 e. The quantitative estimate of drug-likeness (QED) is 0.514. The molecule has 0 saturated heterocycles. The summed E-state index contributed by atoms with van der Waals surface area (Å²) in [6.07, 6.45) is 5.71. The lowest BCUT2D eigenvalue weighted by Gasteiger charge is -2.31. The number of hydrogen-bond acceptors (Lipinski definition) is 2. The van der Waals surface area contributed by atoms with Gasteiger partial charge in [-0.15, -0.1) is 0 Å². The average molecular weight is 461 g/mol. The topological polar surface area (TPSA) is 49.4 Å². The molecule has 3 rings (SSSR count). The van der Waals surface area contributed by atoms with Gasteiger partial charge in [-0.3, -0.25) is 9.59 Å². The van der Waals surface area contributed by atoms with Gasteiger partial charge in [0.1, 0.15) is 6.04 Å². The molecule has 2 amide bonds. The van der Waals surface area contributed by atoms with Crippen LogP contribution in [0.1, 0.15) is 56.6 Å². The molecular formula is C25H30Cl2N2O2. The van der Waals surface area contributed by atoms with Gasteiger partial charge in [0.25, 0.3) is 0 Å². The van der Waals surface area contributed by atoms with Crippen LogP contribution in [0.25, 0.3) is 0 Å². The highest BCUT2D eigenvalue weighted by Gasteiger charge is 2.30. The molecule has 0 unspecified atom stereocenters. The van der Waals surface area contributed by atoms with Crippen molar-refractivity contribution < 1.29 is 9.59 Å². The minimum Gasteiger partial charge on any atom is -0.352 e. The van der Waals surface area contributed by atoms with Crippen LogP contribution >= 0.6 is 23.2 Å². The highest BCUT2D eigenvalue weighted by Crippen LogP contribution is 2.21. The van der Waals surface area contributed by atoms with Gasteiger partial charge in [0.05, 0.1) is 0 Å². The highest BCUT2D eigenvalue weighted by atomic mass is 35.5. The minimum absolute atomic E-state index is 0.0525. The third-order valence-corrected chi connectivity index (χ3v) is 6.54. The fourth-order valence-electron chi connectivity index (χ4n) is 4.16. The van der Waals surface area contributed by atoms with Gasteiger partial charge in [0, 0.05) is 29.1 Å². The smallest absolute Gasteiger partial charge is 0.243 e. The first-order chi connectivity index (χ1) is 15.0. The van der Waals surface area contributed by atoms with Crippen LogP contribution in [-0.2, 0) is 22.6 Å². The standard InChI is InChI=1S/C25H30Cl2N2O2/c1-2-23(25(31)28-21-8-4-5-9-21)29(17-18-11-14-20(26)15-12-18)24(30)16-13-19-7-3-6-10-22(19)27/h3,6-7,10-12,14-15,21,23H,2,4-5,8-9,13,16-17H2,1H3,(H,28,31)/t23-/m0/s1. The Bertz CT molecular complexity index is 879. The van der Waals surface area contributed by atoms with Gasteiger partial charge in [0.15, 0.2) is 0 Å². The van der Waals surface area contributed by atoms with Crippen LogP contribution in [0.4, 0.5) is 0 Å². The van der Waals surface area contributed by atoms with Gasteiger partial charge in [-0.1, -0.05) is 73.3 Å². The second kappa shape index (κ2) is 11.5. The van der Waals surface area contributed by atoms with Crippen molar-refractivity contribution in [3.05, 3.63) is 69.7 Å². The van der Waals surface area contributed by atoms with E-state index < -0.39 is 6.04 Å². The fourth-order valence-corrected chi connectivity index (χ4v) is 4.52. The maximum atomic E-state index is 13.3. The Morgan fingerprint density at radius 2 is 1.74 bits per heavy atom. The lowest BCUT2D eigenvalue weighted by molar-refractivity contribution is -0.141. The van der Waals surface area contributed by atoms with Crippen LogP contribution in [0.3, 0.4) is 0 Å². The molecule has 6 heteroatoms. The number of benzene rings is 2. The Balaban J connectivity index is 1.76. The molecule has 0 heterocycles. The average Bonchev–Trinajstić information content (AvgIpc) is 3.27. The Morgan fingerprint density at radius 3 is 2.39 bits per heavy atom. The van der Waals surface area contributed by atoms with Gasteiger partial charge in [-0.2, -0.15) is 0 Å². The Kier molecular flexibility index (Phi) is 8.79. The van der Waals surface area contributed by atoms with Crippen LogP contribution in [0.5, 0.6) is 0 Å². The summed E-state index contributed by atoms with van der Waals surface area (Å²) in [4.78, 5) is 28.1. The molecule has 31 heavy (non-hydrogen) atoms. The number of amides is 2. The maximum Gasteiger partial charge on any atom is 0.243 e. The molecule has 166 valence electrons. The molecule has 1 N–H and O–H groups in total. The second-order valence-corrected chi connectivity index (χ2v) is 9.00. The number of nitrogens with zero attached hydrogens (tertiary/aromatic N) is 1. The van der Waals surface area contributed by atoms with Crippen molar-refractivity contribution in [1.29, 1.82) is 0 Å². The number of halogens is 2. The molecule has 2 aromatic rings. The van der Waals surface area contributed by atoms with E-state index in [9.17, 15) is 9.59 Å². The number of carbonyl (C=O) groups is 2. The van der Waals surface area contributed by atoms with Crippen LogP contribution in [0.2, 0.25) is 10.0 Å². The van der Waals surface area contributed by atoms with Crippen LogP contribution in [0, 0.1) is 0 Å². The molecule has 1 aliphatic carbocycles. The first kappa shape index (κ1) is 23.6. The van der Waals surface area contributed by atoms with E-state index in [1.54, 1.807) is 4.90 Å². The summed E-state index contributed by atoms with van der Waals surface area (Å²) in [5.41, 5.74) is 1.88. The van der Waals surface area contributed by atoms with Crippen molar-refractivity contribution >= 4 is 35.0 Å². The first-order valence-corrected chi connectivity index (χ1v) is 11.8. The van der Waals surface area contributed by atoms with Crippen molar-refractivity contribution in [2.24, 2.45) is 0 Å². The van der Waals surface area contributed by atoms with Crippen molar-refractivity contribution in [3.63, 3.8) is 0 Å². The summed E-state index contributed by atoms with van der Waals surface area (Å²) in [6, 6.07) is 14.7. The van der Waals surface area contributed by atoms with Gasteiger partial charge in [-0.05, 0) is 55.0 Å². The van der Waals surface area contributed by atoms with Crippen molar-refractivity contribution in [1.82, 2.24) is 10.2 Å². The molecular weight excluding hydrogens is 431 g/mol. The molecule has 1 atom stereocenters. The van der Waals surface area contributed by atoms with E-state index in [1.165, 1.54) is 0 Å². The molecule has 1 fully saturated rings. The summed E-state index contributed by atoms with van der Waals surface area (Å²) in [5, 5.41) is 4.47. The fraction of sp³-hybridized carbons (Fsp3) is 0.440. The highest BCUT2D eigenvalue weighted by molar-refractivity contribution is 6.31. The van der Waals surface area contributed by atoms with Crippen LogP contribution in [-0.4, -0.2) is 28.8 Å². The predicted octanol–water partition coefficient (Wildman–Crippen LogP) is 5.79. The molecule has 0 aliphatic heterocycles. The zero-order valence-corrected chi connectivity index (χ0v) is 19.5. The van der Waals surface area contributed by atoms with Crippen molar-refractivity contribution in [3.8, 4) is 0 Å². The van der Waals surface area contributed by atoms with E-state index in [2.05, 4.69) is 5.32 Å². The van der Waals surface area contributed by atoms with E-state index >= 15 is 0 Å². The van der Waals surface area contributed by atoms with Crippen LogP contribution in [0.15, 0.2) is 48.5 Å². The predicted molar refractivity (Wildman–Crippen MR) is 126 cm³/mol. The summed E-state index contributed by atoms with van der Waals surface area (Å²) >= 11 is 12.3. The lowest BCUT2D eigenvalue weighted by Crippen LogP contribution is -2.51. The minimum atomic E-state index is -0.505. The third kappa shape index (κ3) is 6.72. The monoisotopic (exact) mass is 460 g/mol. The second-order valence-electron chi connectivity index (χ2n) is 8.15. The van der Waals surface area contributed by atoms with E-state index in [-0.39, 0.29) is 17.9 Å². The summed E-state index contributed by atoms with van der Waals surface area (Å²) in [5.74, 6) is -0.113. The Morgan fingerprint density at radius 1 is 1.06 bits per heavy atom. The molecule has 0 bridgehead atoms. The van der Waals surface area contributed by atoms with Gasteiger partial charge < -0.3 is 10.2 Å². The first-order valence-electron chi connectivity index (χ1n) is 11.1. The molecule has 4 nitrogen and oxygen atoms in total. The lowest BCUT2D eigenvalue weighted by atomic mass is 10.1. The third-order valence-electron chi connectivity index (χ3n) is 5.92. The van der Waals surface area contributed by atoms with Crippen molar-refractivity contribution in [2.75, 3.05) is 0 Å². The van der Waals surface area contributed by atoms with E-state index in [1.807, 2.05) is 55.5 Å². The van der Waals surface area contributed by atoms with Gasteiger partial charge in [-0.25, -0.2) is 0 Å². The Labute approximate surface area is 194 Å². The normalized spacial score (nSPS) is 14.9. The van der Waals surface area contributed by atoms with Crippen LogP contribution < -0.4 is 5.32 Å². The number of rotatable bonds is 9. The SMILES string of the molecule is CC[C@@H](C(=O)NC1CCCC1)N(Cc1ccc(Cl)cc1)C(=O)CCc1ccccc1Cl. The maximum absolute atomic E-state index is 13.3. The zero-order valence-electron chi connectivity index (χ0n) is 17.9. The molecule has 2 aromatic carbocycles. The number of nitrogens with one attached hydrogen (secondary N) is 1. The number of carbonyl (C=O) groups excluding carboxylic acids is 2. The molecule has 0 aromatic heterocycles. The molecule has 1 aliphatic rings.